The SMILES string of the molecule is C=C/C(=C\c1sc(N2CCN(C(=O)NC3CCN(Cc4ccccc4)CC3)[C@H](C)C2)nc1C)C(F)(F)F. The Balaban J connectivity index is 1.28. The van der Waals surface area contributed by atoms with E-state index in [0.717, 1.165) is 44.6 Å². The van der Waals surface area contributed by atoms with Crippen LogP contribution in [0, 0.1) is 6.92 Å². The van der Waals surface area contributed by atoms with Gasteiger partial charge in [0.2, 0.25) is 0 Å². The number of carbonyl (C=O) groups is 1. The van der Waals surface area contributed by atoms with Gasteiger partial charge < -0.3 is 15.1 Å². The largest absolute Gasteiger partial charge is 0.416 e. The van der Waals surface area contributed by atoms with Crippen molar-refractivity contribution in [3.05, 3.63) is 64.7 Å². The number of allylic oxidation sites excluding steroid dienone is 2. The van der Waals surface area contributed by atoms with E-state index in [1.54, 1.807) is 6.92 Å². The maximum absolute atomic E-state index is 13.1. The highest BCUT2D eigenvalue weighted by Gasteiger charge is 2.33. The third kappa shape index (κ3) is 6.93. The van der Waals surface area contributed by atoms with Gasteiger partial charge in [0, 0.05) is 51.4 Å². The quantitative estimate of drug-likeness (QED) is 0.501. The Kier molecular flexibility index (Phi) is 8.59. The summed E-state index contributed by atoms with van der Waals surface area (Å²) in [4.78, 5) is 24.3. The number of hydrogen-bond acceptors (Lipinski definition) is 5. The minimum absolute atomic E-state index is 0.0472. The third-order valence-corrected chi connectivity index (χ3v) is 8.14. The summed E-state index contributed by atoms with van der Waals surface area (Å²) in [6, 6.07) is 10.5. The molecule has 37 heavy (non-hydrogen) atoms. The van der Waals surface area contributed by atoms with Crippen molar-refractivity contribution in [2.45, 2.75) is 51.5 Å². The fourth-order valence-electron chi connectivity index (χ4n) is 4.83. The fraction of sp³-hybridized carbons (Fsp3) is 0.481. The first-order valence-electron chi connectivity index (χ1n) is 12.6. The number of alkyl halides is 3. The molecule has 1 N–H and O–H groups in total. The van der Waals surface area contributed by atoms with Crippen molar-refractivity contribution >= 4 is 28.6 Å². The van der Waals surface area contributed by atoms with E-state index in [-0.39, 0.29) is 18.1 Å². The molecular formula is C27H34F3N5OS. The number of aryl methyl sites for hydroxylation is 1. The topological polar surface area (TPSA) is 51.7 Å². The predicted molar refractivity (Wildman–Crippen MR) is 143 cm³/mol. The molecular weight excluding hydrogens is 499 g/mol. The molecule has 2 aliphatic heterocycles. The first-order chi connectivity index (χ1) is 17.6. The van der Waals surface area contributed by atoms with Crippen LogP contribution in [-0.4, -0.2) is 71.8 Å². The molecule has 0 saturated carbocycles. The van der Waals surface area contributed by atoms with Gasteiger partial charge in [0.25, 0.3) is 0 Å². The Hall–Kier alpha value is -2.85. The molecule has 2 aliphatic rings. The number of anilines is 1. The average Bonchev–Trinajstić information content (AvgIpc) is 3.23. The Morgan fingerprint density at radius 3 is 2.51 bits per heavy atom. The molecule has 10 heteroatoms. The molecule has 0 unspecified atom stereocenters. The van der Waals surface area contributed by atoms with E-state index in [9.17, 15) is 18.0 Å². The molecule has 4 rings (SSSR count). The smallest absolute Gasteiger partial charge is 0.344 e. The second-order valence-electron chi connectivity index (χ2n) is 9.72. The first-order valence-corrected chi connectivity index (χ1v) is 13.4. The van der Waals surface area contributed by atoms with Crippen molar-refractivity contribution in [2.75, 3.05) is 37.6 Å². The van der Waals surface area contributed by atoms with E-state index in [2.05, 4.69) is 46.0 Å². The molecule has 1 aromatic carbocycles. The summed E-state index contributed by atoms with van der Waals surface area (Å²) in [6.07, 6.45) is -0.685. The third-order valence-electron chi connectivity index (χ3n) is 6.98. The van der Waals surface area contributed by atoms with Gasteiger partial charge in [-0.25, -0.2) is 9.78 Å². The molecule has 0 aliphatic carbocycles. The van der Waals surface area contributed by atoms with Crippen molar-refractivity contribution in [2.24, 2.45) is 0 Å². The maximum Gasteiger partial charge on any atom is 0.416 e. The number of nitrogens with one attached hydrogen (secondary N) is 1. The van der Waals surface area contributed by atoms with Gasteiger partial charge in [0.05, 0.1) is 16.1 Å². The maximum atomic E-state index is 13.1. The number of hydrogen-bond donors (Lipinski definition) is 1. The first kappa shape index (κ1) is 27.2. The summed E-state index contributed by atoms with van der Waals surface area (Å²) < 4.78 is 39.4. The van der Waals surface area contributed by atoms with Crippen LogP contribution in [-0.2, 0) is 6.54 Å². The van der Waals surface area contributed by atoms with Crippen molar-refractivity contribution in [3.63, 3.8) is 0 Å². The predicted octanol–water partition coefficient (Wildman–Crippen LogP) is 5.47. The van der Waals surface area contributed by atoms with Crippen molar-refractivity contribution < 1.29 is 18.0 Å². The minimum atomic E-state index is -4.45. The number of halogens is 3. The number of aromatic nitrogens is 1. The number of likely N-dealkylation sites (tertiary alicyclic amines) is 1. The van der Waals surface area contributed by atoms with E-state index >= 15 is 0 Å². The van der Waals surface area contributed by atoms with Crippen LogP contribution in [0.15, 0.2) is 48.6 Å². The second kappa shape index (κ2) is 11.7. The van der Waals surface area contributed by atoms with Crippen molar-refractivity contribution in [1.82, 2.24) is 20.1 Å². The van der Waals surface area contributed by atoms with Gasteiger partial charge in [-0.3, -0.25) is 4.90 Å². The number of amides is 2. The molecule has 2 amide bonds. The number of thiazole rings is 1. The number of nitrogens with zero attached hydrogens (tertiary/aromatic N) is 4. The molecule has 3 heterocycles. The van der Waals surface area contributed by atoms with Crippen LogP contribution in [0.4, 0.5) is 23.1 Å². The number of urea groups is 1. The van der Waals surface area contributed by atoms with Crippen molar-refractivity contribution in [1.29, 1.82) is 0 Å². The van der Waals surface area contributed by atoms with E-state index < -0.39 is 11.7 Å². The minimum Gasteiger partial charge on any atom is -0.344 e. The molecule has 1 atom stereocenters. The lowest BCUT2D eigenvalue weighted by atomic mass is 10.0. The Morgan fingerprint density at radius 2 is 1.89 bits per heavy atom. The standard InChI is InChI=1S/C27H34F3N5OS/c1-4-22(27(28,29)30)16-24-20(3)31-26(37-24)34-14-15-35(19(2)17-34)25(36)32-23-10-12-33(13-11-23)18-21-8-6-5-7-9-21/h4-9,16,19,23H,1,10-15,17-18H2,2-3H3,(H,32,36)/b22-16+/t19-/m1/s1. The molecule has 2 fully saturated rings. The lowest BCUT2D eigenvalue weighted by molar-refractivity contribution is -0.0872. The van der Waals surface area contributed by atoms with Gasteiger partial charge in [-0.2, -0.15) is 13.2 Å². The van der Waals surface area contributed by atoms with Crippen LogP contribution in [0.2, 0.25) is 0 Å². The second-order valence-corrected chi connectivity index (χ2v) is 10.7. The lowest BCUT2D eigenvalue weighted by Gasteiger charge is -2.41. The van der Waals surface area contributed by atoms with E-state index in [4.69, 9.17) is 0 Å². The van der Waals surface area contributed by atoms with Crippen LogP contribution in [0.3, 0.4) is 0 Å². The van der Waals surface area contributed by atoms with Crippen LogP contribution in [0.1, 0.15) is 35.9 Å². The lowest BCUT2D eigenvalue weighted by Crippen LogP contribution is -2.58. The highest BCUT2D eigenvalue weighted by Crippen LogP contribution is 2.33. The summed E-state index contributed by atoms with van der Waals surface area (Å²) in [5.41, 5.74) is 1.07. The number of benzene rings is 1. The Morgan fingerprint density at radius 1 is 1.19 bits per heavy atom. The highest BCUT2D eigenvalue weighted by molar-refractivity contribution is 7.16. The molecule has 2 aromatic rings. The van der Waals surface area contributed by atoms with Crippen LogP contribution >= 0.6 is 11.3 Å². The zero-order valence-corrected chi connectivity index (χ0v) is 22.1. The zero-order valence-electron chi connectivity index (χ0n) is 21.3. The summed E-state index contributed by atoms with van der Waals surface area (Å²) in [5, 5.41) is 3.89. The summed E-state index contributed by atoms with van der Waals surface area (Å²) in [7, 11) is 0. The normalized spacial score (nSPS) is 20.2. The van der Waals surface area contributed by atoms with Gasteiger partial charge in [-0.1, -0.05) is 54.3 Å². The fourth-order valence-corrected chi connectivity index (χ4v) is 5.88. The van der Waals surface area contributed by atoms with Crippen LogP contribution in [0.5, 0.6) is 0 Å². The van der Waals surface area contributed by atoms with Gasteiger partial charge >= 0.3 is 12.2 Å². The summed E-state index contributed by atoms with van der Waals surface area (Å²) >= 11 is 1.23. The number of rotatable bonds is 6. The van der Waals surface area contributed by atoms with Gasteiger partial charge in [0.15, 0.2) is 5.13 Å². The summed E-state index contributed by atoms with van der Waals surface area (Å²) in [5.74, 6) is 0. The average molecular weight is 534 g/mol. The van der Waals surface area contributed by atoms with Gasteiger partial charge in [0.1, 0.15) is 0 Å². The van der Waals surface area contributed by atoms with Crippen molar-refractivity contribution in [3.8, 4) is 0 Å². The number of piperazine rings is 1. The molecule has 0 bridgehead atoms. The number of piperidine rings is 1. The zero-order chi connectivity index (χ0) is 26.6. The Labute approximate surface area is 220 Å². The van der Waals surface area contributed by atoms with E-state index in [1.807, 2.05) is 22.8 Å². The van der Waals surface area contributed by atoms with E-state index in [0.29, 0.717) is 35.3 Å². The summed E-state index contributed by atoms with van der Waals surface area (Å²) in [6.45, 7) is 11.5. The molecule has 6 nitrogen and oxygen atoms in total. The molecule has 0 spiro atoms. The monoisotopic (exact) mass is 533 g/mol. The highest BCUT2D eigenvalue weighted by atomic mass is 32.1. The van der Waals surface area contributed by atoms with Crippen LogP contribution < -0.4 is 10.2 Å². The molecule has 0 radical (unpaired) electrons. The van der Waals surface area contributed by atoms with Gasteiger partial charge in [-0.05, 0) is 38.3 Å². The molecule has 200 valence electrons. The Bertz CT molecular complexity index is 1110. The van der Waals surface area contributed by atoms with Crippen LogP contribution in [0.25, 0.3) is 6.08 Å². The molecule has 1 aromatic heterocycles. The number of carbonyl (C=O) groups excluding carboxylic acids is 1. The van der Waals surface area contributed by atoms with E-state index in [1.165, 1.54) is 16.9 Å². The van der Waals surface area contributed by atoms with Gasteiger partial charge in [-0.15, -0.1) is 0 Å². The molecule has 2 saturated heterocycles.